The Morgan fingerprint density at radius 1 is 0.902 bits per heavy atom. The molecule has 3 aromatic carbocycles. The summed E-state index contributed by atoms with van der Waals surface area (Å²) in [6, 6.07) is 28.2. The van der Waals surface area contributed by atoms with Gasteiger partial charge in [0.2, 0.25) is 5.95 Å². The predicted molar refractivity (Wildman–Crippen MR) is 155 cm³/mol. The number of aliphatic hydroxyl groups excluding tert-OH is 3. The SMILES string of the molecule is Nc1nc(N/N=C/c2ccc(N(c3ccccc3)c3ccccc3)cc2)nc2c1ncn2[C@@H]1O[C@H](CO)[C@@H](O)[C@H]1O. The van der Waals surface area contributed by atoms with E-state index in [2.05, 4.69) is 54.6 Å². The molecule has 3 heterocycles. The number of ether oxygens (including phenoxy) is 1. The number of aliphatic hydroxyl groups is 3. The van der Waals surface area contributed by atoms with Crippen LogP contribution in [0, 0.1) is 0 Å². The highest BCUT2D eigenvalue weighted by Crippen LogP contribution is 2.34. The fraction of sp³-hybridized carbons (Fsp3) is 0.172. The third-order valence-electron chi connectivity index (χ3n) is 6.80. The molecular weight excluding hydrogens is 524 g/mol. The van der Waals surface area contributed by atoms with Crippen LogP contribution in [0.5, 0.6) is 0 Å². The van der Waals surface area contributed by atoms with Crippen molar-refractivity contribution in [3.05, 3.63) is 96.8 Å². The van der Waals surface area contributed by atoms with Crippen molar-refractivity contribution in [2.45, 2.75) is 24.5 Å². The lowest BCUT2D eigenvalue weighted by Gasteiger charge is -2.25. The molecule has 0 amide bonds. The van der Waals surface area contributed by atoms with E-state index in [0.717, 1.165) is 22.6 Å². The third kappa shape index (κ3) is 5.19. The maximum Gasteiger partial charge on any atom is 0.247 e. The van der Waals surface area contributed by atoms with Crippen molar-refractivity contribution in [2.24, 2.45) is 5.10 Å². The molecule has 0 spiro atoms. The molecule has 2 aromatic heterocycles. The molecule has 1 aliphatic rings. The molecule has 12 nitrogen and oxygen atoms in total. The standard InChI is InChI=1S/C29H28N8O4/c30-26-23-27(36(17-31-23)28-25(40)24(39)22(16-38)41-28)34-29(33-26)35-32-15-18-11-13-21(14-12-18)37(19-7-3-1-4-8-19)20-9-5-2-6-10-20/h1-15,17,22,24-25,28,38-40H,16H2,(H3,30,33,34,35)/b32-15+/t22-,24-,25-,28-/m1/s1. The lowest BCUT2D eigenvalue weighted by atomic mass is 10.1. The molecule has 5 aromatic rings. The minimum atomic E-state index is -1.29. The van der Waals surface area contributed by atoms with Crippen LogP contribution in [0.4, 0.5) is 28.8 Å². The van der Waals surface area contributed by atoms with E-state index in [-0.39, 0.29) is 17.4 Å². The van der Waals surface area contributed by atoms with Crippen LogP contribution in [0.15, 0.2) is 96.4 Å². The molecule has 0 saturated carbocycles. The number of nitrogen functional groups attached to an aromatic ring is 1. The Bertz CT molecular complexity index is 1610. The minimum absolute atomic E-state index is 0.101. The van der Waals surface area contributed by atoms with Crippen LogP contribution in [0.25, 0.3) is 11.2 Å². The predicted octanol–water partition coefficient (Wildman–Crippen LogP) is 2.94. The summed E-state index contributed by atoms with van der Waals surface area (Å²) < 4.78 is 7.05. The molecule has 12 heteroatoms. The van der Waals surface area contributed by atoms with Gasteiger partial charge in [0.1, 0.15) is 23.8 Å². The first kappa shape index (κ1) is 26.3. The van der Waals surface area contributed by atoms with Crippen molar-refractivity contribution in [3.63, 3.8) is 0 Å². The van der Waals surface area contributed by atoms with E-state index in [1.807, 2.05) is 60.7 Å². The van der Waals surface area contributed by atoms with E-state index in [1.165, 1.54) is 10.9 Å². The highest BCUT2D eigenvalue weighted by molar-refractivity contribution is 5.84. The summed E-state index contributed by atoms with van der Waals surface area (Å²) in [6.07, 6.45) is -1.48. The fourth-order valence-electron chi connectivity index (χ4n) is 4.76. The number of para-hydroxylation sites is 2. The molecule has 4 atom stereocenters. The van der Waals surface area contributed by atoms with Gasteiger partial charge >= 0.3 is 0 Å². The van der Waals surface area contributed by atoms with Gasteiger partial charge in [0, 0.05) is 17.1 Å². The number of anilines is 5. The van der Waals surface area contributed by atoms with E-state index in [9.17, 15) is 15.3 Å². The number of nitrogens with one attached hydrogen (secondary N) is 1. The second kappa shape index (κ2) is 11.3. The zero-order valence-corrected chi connectivity index (χ0v) is 21.8. The summed E-state index contributed by atoms with van der Waals surface area (Å²) in [7, 11) is 0. The van der Waals surface area contributed by atoms with Crippen LogP contribution in [-0.4, -0.2) is 66.0 Å². The quantitative estimate of drug-likeness (QED) is 0.143. The van der Waals surface area contributed by atoms with Gasteiger partial charge in [-0.15, -0.1) is 0 Å². The number of hydrogen-bond donors (Lipinski definition) is 5. The van der Waals surface area contributed by atoms with Gasteiger partial charge in [-0.05, 0) is 42.0 Å². The average Bonchev–Trinajstić information content (AvgIpc) is 3.55. The molecular formula is C29H28N8O4. The van der Waals surface area contributed by atoms with E-state index in [4.69, 9.17) is 10.5 Å². The van der Waals surface area contributed by atoms with Crippen molar-refractivity contribution in [2.75, 3.05) is 22.7 Å². The molecule has 0 radical (unpaired) electrons. The normalized spacial score (nSPS) is 20.6. The molecule has 41 heavy (non-hydrogen) atoms. The minimum Gasteiger partial charge on any atom is -0.394 e. The molecule has 208 valence electrons. The van der Waals surface area contributed by atoms with Crippen molar-refractivity contribution in [1.82, 2.24) is 19.5 Å². The molecule has 1 saturated heterocycles. The second-order valence-electron chi connectivity index (χ2n) is 9.45. The number of nitrogens with two attached hydrogens (primary N) is 1. The van der Waals surface area contributed by atoms with Gasteiger partial charge < -0.3 is 30.7 Å². The second-order valence-corrected chi connectivity index (χ2v) is 9.45. The highest BCUT2D eigenvalue weighted by Gasteiger charge is 2.44. The zero-order valence-electron chi connectivity index (χ0n) is 21.8. The van der Waals surface area contributed by atoms with Crippen molar-refractivity contribution in [1.29, 1.82) is 0 Å². The number of rotatable bonds is 8. The van der Waals surface area contributed by atoms with Crippen LogP contribution in [0.2, 0.25) is 0 Å². The first-order chi connectivity index (χ1) is 20.0. The summed E-state index contributed by atoms with van der Waals surface area (Å²) >= 11 is 0. The number of imidazole rings is 1. The number of aromatic nitrogens is 4. The van der Waals surface area contributed by atoms with E-state index in [0.29, 0.717) is 5.52 Å². The van der Waals surface area contributed by atoms with E-state index < -0.39 is 31.1 Å². The number of hydrazone groups is 1. The zero-order chi connectivity index (χ0) is 28.3. The molecule has 6 N–H and O–H groups in total. The van der Waals surface area contributed by atoms with Crippen molar-refractivity contribution in [3.8, 4) is 0 Å². The summed E-state index contributed by atoms with van der Waals surface area (Å²) in [5.41, 5.74) is 13.4. The molecule has 0 aliphatic carbocycles. The Morgan fingerprint density at radius 2 is 1.54 bits per heavy atom. The molecule has 0 bridgehead atoms. The van der Waals surface area contributed by atoms with Crippen LogP contribution in [-0.2, 0) is 4.74 Å². The van der Waals surface area contributed by atoms with Gasteiger partial charge in [-0.2, -0.15) is 15.1 Å². The van der Waals surface area contributed by atoms with Gasteiger partial charge in [-0.3, -0.25) is 4.57 Å². The number of fused-ring (bicyclic) bond motifs is 1. The Hall–Kier alpha value is -4.88. The number of hydrogen-bond acceptors (Lipinski definition) is 11. The van der Waals surface area contributed by atoms with Crippen LogP contribution >= 0.6 is 0 Å². The Morgan fingerprint density at radius 3 is 2.15 bits per heavy atom. The fourth-order valence-corrected chi connectivity index (χ4v) is 4.76. The monoisotopic (exact) mass is 552 g/mol. The first-order valence-electron chi connectivity index (χ1n) is 13.0. The van der Waals surface area contributed by atoms with Gasteiger partial charge in [-0.1, -0.05) is 48.5 Å². The summed E-state index contributed by atoms with van der Waals surface area (Å²) in [6.45, 7) is -0.447. The smallest absolute Gasteiger partial charge is 0.247 e. The molecule has 6 rings (SSSR count). The maximum atomic E-state index is 10.4. The third-order valence-corrected chi connectivity index (χ3v) is 6.80. The van der Waals surface area contributed by atoms with Gasteiger partial charge in [0.15, 0.2) is 17.7 Å². The first-order valence-corrected chi connectivity index (χ1v) is 13.0. The van der Waals surface area contributed by atoms with Gasteiger partial charge in [-0.25, -0.2) is 10.4 Å². The molecule has 1 aliphatic heterocycles. The van der Waals surface area contributed by atoms with Gasteiger partial charge in [0.25, 0.3) is 0 Å². The summed E-state index contributed by atoms with van der Waals surface area (Å²) in [5.74, 6) is 0.208. The van der Waals surface area contributed by atoms with Gasteiger partial charge in [0.05, 0.1) is 19.1 Å². The van der Waals surface area contributed by atoms with Crippen LogP contribution < -0.4 is 16.1 Å². The highest BCUT2D eigenvalue weighted by atomic mass is 16.6. The largest absolute Gasteiger partial charge is 0.394 e. The summed E-state index contributed by atoms with van der Waals surface area (Å²) in [5, 5.41) is 34.2. The Balaban J connectivity index is 1.21. The Labute approximate surface area is 235 Å². The Kier molecular flexibility index (Phi) is 7.27. The van der Waals surface area contributed by atoms with Crippen LogP contribution in [0.3, 0.4) is 0 Å². The lowest BCUT2D eigenvalue weighted by molar-refractivity contribution is -0.0511. The van der Waals surface area contributed by atoms with E-state index >= 15 is 0 Å². The number of benzene rings is 3. The topological polar surface area (TPSA) is 167 Å². The molecule has 0 unspecified atom stereocenters. The summed E-state index contributed by atoms with van der Waals surface area (Å²) in [4.78, 5) is 15.0. The van der Waals surface area contributed by atoms with Crippen LogP contribution in [0.1, 0.15) is 11.8 Å². The maximum absolute atomic E-state index is 10.4. The number of nitrogens with zero attached hydrogens (tertiary/aromatic N) is 6. The van der Waals surface area contributed by atoms with Crippen molar-refractivity contribution < 1.29 is 20.1 Å². The van der Waals surface area contributed by atoms with Crippen molar-refractivity contribution >= 4 is 46.2 Å². The molecule has 1 fully saturated rings. The average molecular weight is 553 g/mol. The van der Waals surface area contributed by atoms with E-state index in [1.54, 1.807) is 6.21 Å². The lowest BCUT2D eigenvalue weighted by Crippen LogP contribution is -2.33.